The van der Waals surface area contributed by atoms with Crippen molar-refractivity contribution >= 4 is 11.6 Å². The van der Waals surface area contributed by atoms with Crippen molar-refractivity contribution in [3.63, 3.8) is 0 Å². The monoisotopic (exact) mass is 296 g/mol. The topological polar surface area (TPSA) is 68.3 Å². The molecule has 0 fully saturated rings. The lowest BCUT2D eigenvalue weighted by Crippen LogP contribution is -2.11. The summed E-state index contributed by atoms with van der Waals surface area (Å²) >= 11 is 0. The average Bonchev–Trinajstić information content (AvgIpc) is 2.50. The lowest BCUT2D eigenvalue weighted by atomic mass is 10.2. The molecule has 2 N–H and O–H groups in total. The van der Waals surface area contributed by atoms with E-state index in [4.69, 9.17) is 9.47 Å². The first-order valence-corrected chi connectivity index (χ1v) is 7.71. The van der Waals surface area contributed by atoms with Crippen LogP contribution >= 0.6 is 0 Å². The highest BCUT2D eigenvalue weighted by Gasteiger charge is 2.08. The van der Waals surface area contributed by atoms with E-state index in [1.807, 2.05) is 0 Å². The second-order valence-corrected chi connectivity index (χ2v) is 4.67. The van der Waals surface area contributed by atoms with Crippen LogP contribution in [0.1, 0.15) is 32.3 Å². The van der Waals surface area contributed by atoms with Gasteiger partial charge in [0.25, 0.3) is 0 Å². The fraction of sp³-hybridized carbons (Fsp3) is 0.733. The molecule has 0 aliphatic carbocycles. The summed E-state index contributed by atoms with van der Waals surface area (Å²) in [5, 5.41) is 6.67. The van der Waals surface area contributed by atoms with E-state index in [-0.39, 0.29) is 0 Å². The van der Waals surface area contributed by atoms with Crippen molar-refractivity contribution < 1.29 is 9.47 Å². The van der Waals surface area contributed by atoms with Gasteiger partial charge >= 0.3 is 0 Å². The molecule has 120 valence electrons. The molecule has 0 atom stereocenters. The second-order valence-electron chi connectivity index (χ2n) is 4.67. The minimum Gasteiger partial charge on any atom is -0.382 e. The molecule has 21 heavy (non-hydrogen) atoms. The first kappa shape index (κ1) is 17.7. The molecule has 1 aromatic heterocycles. The van der Waals surface area contributed by atoms with E-state index < -0.39 is 0 Å². The van der Waals surface area contributed by atoms with Crippen molar-refractivity contribution in [2.24, 2.45) is 0 Å². The number of ether oxygens (including phenoxy) is 2. The molecule has 0 bridgehead atoms. The van der Waals surface area contributed by atoms with Crippen LogP contribution in [0.2, 0.25) is 0 Å². The summed E-state index contributed by atoms with van der Waals surface area (Å²) in [7, 11) is 1.68. The van der Waals surface area contributed by atoms with Crippen molar-refractivity contribution in [1.82, 2.24) is 9.97 Å². The summed E-state index contributed by atoms with van der Waals surface area (Å²) in [5.74, 6) is 1.86. The Hall–Kier alpha value is -1.40. The quantitative estimate of drug-likeness (QED) is 0.577. The van der Waals surface area contributed by atoms with Gasteiger partial charge in [0.1, 0.15) is 18.0 Å². The Kier molecular flexibility index (Phi) is 9.48. The molecule has 0 aliphatic rings. The Labute approximate surface area is 127 Å². The van der Waals surface area contributed by atoms with Gasteiger partial charge in [-0.25, -0.2) is 9.97 Å². The SMILES string of the molecule is CCNc1ncnc(NCCCCOCCOC)c1CC. The van der Waals surface area contributed by atoms with Gasteiger partial charge in [0.2, 0.25) is 0 Å². The Balaban J connectivity index is 2.30. The van der Waals surface area contributed by atoms with E-state index in [1.54, 1.807) is 13.4 Å². The maximum atomic E-state index is 5.43. The molecule has 0 aromatic carbocycles. The summed E-state index contributed by atoms with van der Waals surface area (Å²) in [4.78, 5) is 8.63. The summed E-state index contributed by atoms with van der Waals surface area (Å²) in [5.41, 5.74) is 1.15. The number of anilines is 2. The van der Waals surface area contributed by atoms with Gasteiger partial charge in [-0.15, -0.1) is 0 Å². The number of unbranched alkanes of at least 4 members (excludes halogenated alkanes) is 1. The minimum absolute atomic E-state index is 0.659. The molecule has 0 amide bonds. The van der Waals surface area contributed by atoms with Crippen LogP contribution in [0, 0.1) is 0 Å². The fourth-order valence-electron chi connectivity index (χ4n) is 2.00. The van der Waals surface area contributed by atoms with Gasteiger partial charge in [-0.2, -0.15) is 0 Å². The first-order valence-electron chi connectivity index (χ1n) is 7.71. The number of nitrogens with one attached hydrogen (secondary N) is 2. The highest BCUT2D eigenvalue weighted by atomic mass is 16.5. The van der Waals surface area contributed by atoms with Gasteiger partial charge in [0.15, 0.2) is 0 Å². The molecule has 0 saturated carbocycles. The second kappa shape index (κ2) is 11.3. The summed E-state index contributed by atoms with van der Waals surface area (Å²) < 4.78 is 10.4. The molecule has 6 nitrogen and oxygen atoms in total. The van der Waals surface area contributed by atoms with Crippen LogP contribution in [-0.2, 0) is 15.9 Å². The third-order valence-corrected chi connectivity index (χ3v) is 3.08. The molecule has 0 radical (unpaired) electrons. The Morgan fingerprint density at radius 2 is 1.76 bits per heavy atom. The highest BCUT2D eigenvalue weighted by Crippen LogP contribution is 2.20. The number of rotatable bonds is 12. The summed E-state index contributed by atoms with van der Waals surface area (Å²) in [6.45, 7) is 8.05. The van der Waals surface area contributed by atoms with Gasteiger partial charge in [0.05, 0.1) is 13.2 Å². The predicted molar refractivity (Wildman–Crippen MR) is 86.0 cm³/mol. The van der Waals surface area contributed by atoms with Crippen LogP contribution in [0.3, 0.4) is 0 Å². The van der Waals surface area contributed by atoms with Gasteiger partial charge in [-0.3, -0.25) is 0 Å². The molecular formula is C15H28N4O2. The number of aromatic nitrogens is 2. The van der Waals surface area contributed by atoms with Crippen LogP contribution in [-0.4, -0.2) is 50.0 Å². The maximum Gasteiger partial charge on any atom is 0.134 e. The lowest BCUT2D eigenvalue weighted by Gasteiger charge is -2.13. The van der Waals surface area contributed by atoms with Crippen LogP contribution in [0.5, 0.6) is 0 Å². The first-order chi connectivity index (χ1) is 10.3. The zero-order chi connectivity index (χ0) is 15.3. The van der Waals surface area contributed by atoms with Gasteiger partial charge in [0, 0.05) is 32.4 Å². The van der Waals surface area contributed by atoms with E-state index in [0.29, 0.717) is 13.2 Å². The predicted octanol–water partition coefficient (Wildman–Crippen LogP) is 2.33. The van der Waals surface area contributed by atoms with Gasteiger partial charge in [-0.1, -0.05) is 6.92 Å². The number of hydrogen-bond donors (Lipinski definition) is 2. The van der Waals surface area contributed by atoms with Crippen LogP contribution < -0.4 is 10.6 Å². The minimum atomic E-state index is 0.659. The van der Waals surface area contributed by atoms with Crippen LogP contribution in [0.15, 0.2) is 6.33 Å². The van der Waals surface area contributed by atoms with Gasteiger partial charge in [-0.05, 0) is 26.2 Å². The Morgan fingerprint density at radius 1 is 1.00 bits per heavy atom. The van der Waals surface area contributed by atoms with E-state index in [2.05, 4.69) is 34.4 Å². The molecule has 0 unspecified atom stereocenters. The standard InChI is InChI=1S/C15H28N4O2/c1-4-13-14(16-5-2)18-12-19-15(13)17-8-6-7-9-21-11-10-20-3/h12H,4-11H2,1-3H3,(H2,16,17,18,19). The van der Waals surface area contributed by atoms with Crippen LogP contribution in [0.4, 0.5) is 11.6 Å². The normalized spacial score (nSPS) is 10.6. The van der Waals surface area contributed by atoms with Crippen molar-refractivity contribution in [2.45, 2.75) is 33.1 Å². The van der Waals surface area contributed by atoms with E-state index in [9.17, 15) is 0 Å². The summed E-state index contributed by atoms with van der Waals surface area (Å²) in [6, 6.07) is 0. The Morgan fingerprint density at radius 3 is 2.43 bits per heavy atom. The summed E-state index contributed by atoms with van der Waals surface area (Å²) in [6.07, 6.45) is 4.60. The number of methoxy groups -OCH3 is 1. The van der Waals surface area contributed by atoms with E-state index >= 15 is 0 Å². The zero-order valence-corrected chi connectivity index (χ0v) is 13.4. The molecule has 0 spiro atoms. The molecule has 6 heteroatoms. The fourth-order valence-corrected chi connectivity index (χ4v) is 2.00. The molecule has 1 heterocycles. The van der Waals surface area contributed by atoms with Crippen molar-refractivity contribution in [3.8, 4) is 0 Å². The van der Waals surface area contributed by atoms with E-state index in [1.165, 1.54) is 0 Å². The largest absolute Gasteiger partial charge is 0.382 e. The third-order valence-electron chi connectivity index (χ3n) is 3.08. The maximum absolute atomic E-state index is 5.43. The highest BCUT2D eigenvalue weighted by molar-refractivity contribution is 5.57. The molecular weight excluding hydrogens is 268 g/mol. The zero-order valence-electron chi connectivity index (χ0n) is 13.4. The molecule has 1 aromatic rings. The van der Waals surface area contributed by atoms with Gasteiger partial charge < -0.3 is 20.1 Å². The average molecular weight is 296 g/mol. The number of hydrogen-bond acceptors (Lipinski definition) is 6. The van der Waals surface area contributed by atoms with Crippen molar-refractivity contribution in [2.75, 3.05) is 50.7 Å². The molecule has 1 rings (SSSR count). The lowest BCUT2D eigenvalue weighted by molar-refractivity contribution is 0.0691. The van der Waals surface area contributed by atoms with Crippen LogP contribution in [0.25, 0.3) is 0 Å². The van der Waals surface area contributed by atoms with Crippen molar-refractivity contribution in [1.29, 1.82) is 0 Å². The molecule has 0 aliphatic heterocycles. The smallest absolute Gasteiger partial charge is 0.134 e. The van der Waals surface area contributed by atoms with E-state index in [0.717, 1.165) is 56.2 Å². The molecule has 0 saturated heterocycles. The third kappa shape index (κ3) is 6.73. The Bertz CT molecular complexity index is 388. The van der Waals surface area contributed by atoms with Crippen molar-refractivity contribution in [3.05, 3.63) is 11.9 Å². The number of nitrogens with zero attached hydrogens (tertiary/aromatic N) is 2.